The smallest absolute Gasteiger partial charge is 0.300 e. The molecule has 1 fully saturated rings. The number of Topliss-reactive ketones (excluding diaryl/α,β-unsaturated/α-hetero) is 1. The lowest BCUT2D eigenvalue weighted by Gasteiger charge is -2.27. The molecular formula is C12H14F2N2O. The summed E-state index contributed by atoms with van der Waals surface area (Å²) in [6.07, 6.45) is 1.74. The van der Waals surface area contributed by atoms with Gasteiger partial charge >= 0.3 is 6.43 Å². The Balaban J connectivity index is 2.09. The second-order valence-electron chi connectivity index (χ2n) is 4.12. The molecule has 1 aliphatic heterocycles. The van der Waals surface area contributed by atoms with Gasteiger partial charge in [-0.15, -0.1) is 0 Å². The highest BCUT2D eigenvalue weighted by Crippen LogP contribution is 2.18. The Morgan fingerprint density at radius 3 is 2.47 bits per heavy atom. The number of pyridine rings is 1. The zero-order chi connectivity index (χ0) is 12.3. The molecule has 17 heavy (non-hydrogen) atoms. The number of carbonyl (C=O) groups is 1. The number of piperidine rings is 1. The van der Waals surface area contributed by atoms with Gasteiger partial charge in [-0.05, 0) is 31.4 Å². The molecule has 0 N–H and O–H groups in total. The third kappa shape index (κ3) is 2.78. The van der Waals surface area contributed by atoms with Gasteiger partial charge in [-0.2, -0.15) is 0 Å². The van der Waals surface area contributed by atoms with Crippen LogP contribution in [0, 0.1) is 0 Å². The average molecular weight is 240 g/mol. The van der Waals surface area contributed by atoms with Crippen molar-refractivity contribution in [3.8, 4) is 0 Å². The minimum absolute atomic E-state index is 0.0271. The van der Waals surface area contributed by atoms with E-state index in [0.29, 0.717) is 0 Å². The van der Waals surface area contributed by atoms with Crippen LogP contribution in [-0.2, 0) is 0 Å². The highest BCUT2D eigenvalue weighted by atomic mass is 19.3. The summed E-state index contributed by atoms with van der Waals surface area (Å²) in [6.45, 7) is 1.88. The monoisotopic (exact) mass is 240 g/mol. The summed E-state index contributed by atoms with van der Waals surface area (Å²) in [7, 11) is 0. The number of halogens is 2. The van der Waals surface area contributed by atoms with Crippen LogP contribution < -0.4 is 4.90 Å². The van der Waals surface area contributed by atoms with Crippen LogP contribution in [0.3, 0.4) is 0 Å². The van der Waals surface area contributed by atoms with Crippen molar-refractivity contribution in [1.82, 2.24) is 4.98 Å². The molecule has 1 aromatic rings. The molecule has 3 nitrogen and oxygen atoms in total. The van der Waals surface area contributed by atoms with Crippen molar-refractivity contribution >= 4 is 11.6 Å². The SMILES string of the molecule is O=C(c1ccc(N2CCCCC2)nc1)C(F)F. The van der Waals surface area contributed by atoms with Crippen molar-refractivity contribution in [1.29, 1.82) is 0 Å². The first-order chi connectivity index (χ1) is 8.18. The molecule has 0 aromatic carbocycles. The number of aromatic nitrogens is 1. The molecule has 0 aliphatic carbocycles. The quantitative estimate of drug-likeness (QED) is 0.761. The highest BCUT2D eigenvalue weighted by Gasteiger charge is 2.18. The van der Waals surface area contributed by atoms with Crippen LogP contribution in [0.15, 0.2) is 18.3 Å². The summed E-state index contributed by atoms with van der Waals surface area (Å²) >= 11 is 0. The summed E-state index contributed by atoms with van der Waals surface area (Å²) < 4.78 is 24.4. The van der Waals surface area contributed by atoms with E-state index in [9.17, 15) is 13.6 Å². The Labute approximate surface area is 98.5 Å². The van der Waals surface area contributed by atoms with Crippen LogP contribution in [0.25, 0.3) is 0 Å². The third-order valence-corrected chi connectivity index (χ3v) is 2.91. The van der Waals surface area contributed by atoms with Gasteiger partial charge in [-0.25, -0.2) is 13.8 Å². The molecule has 2 heterocycles. The van der Waals surface area contributed by atoms with Gasteiger partial charge in [0.2, 0.25) is 5.78 Å². The van der Waals surface area contributed by atoms with Gasteiger partial charge in [0, 0.05) is 24.8 Å². The molecule has 0 amide bonds. The Hall–Kier alpha value is -1.52. The van der Waals surface area contributed by atoms with Gasteiger partial charge in [-0.1, -0.05) is 0 Å². The van der Waals surface area contributed by atoms with Crippen molar-refractivity contribution in [2.75, 3.05) is 18.0 Å². The Morgan fingerprint density at radius 1 is 1.24 bits per heavy atom. The lowest BCUT2D eigenvalue weighted by molar-refractivity contribution is 0.0678. The van der Waals surface area contributed by atoms with Crippen LogP contribution in [0.2, 0.25) is 0 Å². The molecule has 1 aliphatic rings. The van der Waals surface area contributed by atoms with Gasteiger partial charge in [-0.3, -0.25) is 4.79 Å². The van der Waals surface area contributed by atoms with E-state index in [0.717, 1.165) is 31.7 Å². The molecule has 0 saturated carbocycles. The largest absolute Gasteiger partial charge is 0.357 e. The molecule has 5 heteroatoms. The number of anilines is 1. The van der Waals surface area contributed by atoms with Crippen molar-refractivity contribution < 1.29 is 13.6 Å². The molecule has 0 unspecified atom stereocenters. The van der Waals surface area contributed by atoms with Crippen LogP contribution >= 0.6 is 0 Å². The summed E-state index contributed by atoms with van der Waals surface area (Å²) in [5.74, 6) is -0.404. The molecule has 1 saturated heterocycles. The average Bonchev–Trinajstić information content (AvgIpc) is 2.39. The lowest BCUT2D eigenvalue weighted by Crippen LogP contribution is -2.30. The van der Waals surface area contributed by atoms with Crippen molar-refractivity contribution in [3.05, 3.63) is 23.9 Å². The number of hydrogen-bond acceptors (Lipinski definition) is 3. The zero-order valence-corrected chi connectivity index (χ0v) is 9.40. The topological polar surface area (TPSA) is 33.2 Å². The normalized spacial score (nSPS) is 16.3. The summed E-state index contributed by atoms with van der Waals surface area (Å²) in [5.41, 5.74) is -0.0271. The summed E-state index contributed by atoms with van der Waals surface area (Å²) in [4.78, 5) is 17.2. The van der Waals surface area contributed by atoms with E-state index in [-0.39, 0.29) is 5.56 Å². The lowest BCUT2D eigenvalue weighted by atomic mass is 10.1. The number of alkyl halides is 2. The minimum Gasteiger partial charge on any atom is -0.357 e. The van der Waals surface area contributed by atoms with E-state index in [1.165, 1.54) is 18.7 Å². The van der Waals surface area contributed by atoms with E-state index in [2.05, 4.69) is 9.88 Å². The summed E-state index contributed by atoms with van der Waals surface area (Å²) in [6, 6.07) is 3.06. The molecule has 92 valence electrons. The molecule has 0 bridgehead atoms. The van der Waals surface area contributed by atoms with Crippen molar-refractivity contribution in [3.63, 3.8) is 0 Å². The van der Waals surface area contributed by atoms with Gasteiger partial charge in [0.05, 0.1) is 0 Å². The van der Waals surface area contributed by atoms with Crippen molar-refractivity contribution in [2.24, 2.45) is 0 Å². The fraction of sp³-hybridized carbons (Fsp3) is 0.500. The second kappa shape index (κ2) is 5.21. The maximum Gasteiger partial charge on any atom is 0.300 e. The molecule has 1 aromatic heterocycles. The first-order valence-corrected chi connectivity index (χ1v) is 5.72. The number of rotatable bonds is 3. The Kier molecular flexibility index (Phi) is 3.66. The zero-order valence-electron chi connectivity index (χ0n) is 9.40. The van der Waals surface area contributed by atoms with E-state index >= 15 is 0 Å². The van der Waals surface area contributed by atoms with Crippen LogP contribution in [0.4, 0.5) is 14.6 Å². The predicted molar refractivity (Wildman–Crippen MR) is 60.6 cm³/mol. The number of hydrogen-bond donors (Lipinski definition) is 0. The summed E-state index contributed by atoms with van der Waals surface area (Å²) in [5, 5.41) is 0. The molecule has 0 atom stereocenters. The van der Waals surface area contributed by atoms with Crippen LogP contribution in [0.1, 0.15) is 29.6 Å². The van der Waals surface area contributed by atoms with Gasteiger partial charge in [0.1, 0.15) is 5.82 Å². The van der Waals surface area contributed by atoms with Gasteiger partial charge < -0.3 is 4.90 Å². The maximum atomic E-state index is 12.2. The fourth-order valence-corrected chi connectivity index (χ4v) is 1.97. The molecular weight excluding hydrogens is 226 g/mol. The van der Waals surface area contributed by atoms with E-state index in [4.69, 9.17) is 0 Å². The van der Waals surface area contributed by atoms with E-state index in [1.807, 2.05) is 0 Å². The van der Waals surface area contributed by atoms with Gasteiger partial charge in [0.15, 0.2) is 0 Å². The minimum atomic E-state index is -2.96. The Bertz CT molecular complexity index is 386. The first kappa shape index (κ1) is 12.0. The highest BCUT2D eigenvalue weighted by molar-refractivity contribution is 5.98. The second-order valence-corrected chi connectivity index (χ2v) is 4.12. The molecule has 2 rings (SSSR count). The first-order valence-electron chi connectivity index (χ1n) is 5.72. The van der Waals surface area contributed by atoms with Crippen LogP contribution in [0.5, 0.6) is 0 Å². The maximum absolute atomic E-state index is 12.2. The van der Waals surface area contributed by atoms with E-state index < -0.39 is 12.2 Å². The number of carbonyl (C=O) groups excluding carboxylic acids is 1. The van der Waals surface area contributed by atoms with Crippen LogP contribution in [-0.4, -0.2) is 30.3 Å². The van der Waals surface area contributed by atoms with E-state index in [1.54, 1.807) is 6.07 Å². The number of ketones is 1. The standard InChI is InChI=1S/C12H14F2N2O/c13-12(14)11(17)9-4-5-10(15-8-9)16-6-2-1-3-7-16/h4-5,8,12H,1-3,6-7H2. The molecule has 0 radical (unpaired) electrons. The third-order valence-electron chi connectivity index (χ3n) is 2.91. The fourth-order valence-electron chi connectivity index (χ4n) is 1.97. The van der Waals surface area contributed by atoms with Crippen molar-refractivity contribution in [2.45, 2.75) is 25.7 Å². The Morgan fingerprint density at radius 2 is 1.94 bits per heavy atom. The van der Waals surface area contributed by atoms with Gasteiger partial charge in [0.25, 0.3) is 0 Å². The molecule has 0 spiro atoms. The number of nitrogens with zero attached hydrogens (tertiary/aromatic N) is 2. The predicted octanol–water partition coefficient (Wildman–Crippen LogP) is 2.52.